The van der Waals surface area contributed by atoms with E-state index in [0.29, 0.717) is 35.2 Å². The predicted molar refractivity (Wildman–Crippen MR) is 104 cm³/mol. The standard InChI is InChI=1S/C19H23Cl3O4/c20-12-7-13(21)9-14(8-12)26-11-16-15(17(22)10-18(16)23)5-3-1-2-4-6-19(24)25/h1,3,7-9,15-18,23H,2,4-6,10-11H2,(H,24,25)/b3-1-/t15-,16+,17-,18-/m0/s1. The van der Waals surface area contributed by atoms with Gasteiger partial charge in [0.15, 0.2) is 0 Å². The first-order valence-electron chi connectivity index (χ1n) is 8.64. The molecule has 0 unspecified atom stereocenters. The highest BCUT2D eigenvalue weighted by molar-refractivity contribution is 6.34. The van der Waals surface area contributed by atoms with E-state index in [2.05, 4.69) is 0 Å². The SMILES string of the molecule is O=C(O)CCC/C=C\C[C@H]1[C@@H](COc2cc(Cl)cc(Cl)c2)[C@@H](O)C[C@@H]1Cl. The normalized spacial score (nSPS) is 25.7. The summed E-state index contributed by atoms with van der Waals surface area (Å²) in [7, 11) is 0. The average molecular weight is 422 g/mol. The summed E-state index contributed by atoms with van der Waals surface area (Å²) < 4.78 is 5.79. The van der Waals surface area contributed by atoms with Crippen LogP contribution in [0.3, 0.4) is 0 Å². The van der Waals surface area contributed by atoms with Crippen molar-refractivity contribution in [1.29, 1.82) is 0 Å². The zero-order chi connectivity index (χ0) is 19.1. The number of aliphatic hydroxyl groups is 1. The van der Waals surface area contributed by atoms with Crippen LogP contribution in [0.15, 0.2) is 30.4 Å². The number of benzene rings is 1. The molecule has 0 bridgehead atoms. The van der Waals surface area contributed by atoms with Crippen LogP contribution in [0.5, 0.6) is 5.75 Å². The van der Waals surface area contributed by atoms with Gasteiger partial charge in [-0.1, -0.05) is 35.4 Å². The molecule has 0 saturated heterocycles. The Morgan fingerprint density at radius 1 is 1.19 bits per heavy atom. The highest BCUT2D eigenvalue weighted by atomic mass is 35.5. The minimum atomic E-state index is -0.781. The summed E-state index contributed by atoms with van der Waals surface area (Å²) in [6.07, 6.45) is 6.24. The summed E-state index contributed by atoms with van der Waals surface area (Å²) in [6, 6.07) is 5.00. The van der Waals surface area contributed by atoms with Crippen LogP contribution in [-0.2, 0) is 4.79 Å². The zero-order valence-electron chi connectivity index (χ0n) is 14.3. The number of hydrogen-bond donors (Lipinski definition) is 2. The van der Waals surface area contributed by atoms with Gasteiger partial charge in [-0.05, 0) is 49.8 Å². The van der Waals surface area contributed by atoms with Crippen molar-refractivity contribution in [2.24, 2.45) is 11.8 Å². The lowest BCUT2D eigenvalue weighted by molar-refractivity contribution is -0.137. The maximum atomic E-state index is 10.5. The number of rotatable bonds is 9. The van der Waals surface area contributed by atoms with Gasteiger partial charge in [-0.25, -0.2) is 0 Å². The molecule has 1 fully saturated rings. The van der Waals surface area contributed by atoms with Gasteiger partial charge >= 0.3 is 5.97 Å². The minimum Gasteiger partial charge on any atom is -0.493 e. The maximum Gasteiger partial charge on any atom is 0.303 e. The van der Waals surface area contributed by atoms with Crippen molar-refractivity contribution in [2.75, 3.05) is 6.61 Å². The molecule has 2 rings (SSSR count). The van der Waals surface area contributed by atoms with Gasteiger partial charge in [0.25, 0.3) is 0 Å². The van der Waals surface area contributed by atoms with Crippen LogP contribution >= 0.6 is 34.8 Å². The fourth-order valence-corrected chi connectivity index (χ4v) is 4.22. The molecule has 4 atom stereocenters. The topological polar surface area (TPSA) is 66.8 Å². The number of ether oxygens (including phenoxy) is 1. The Balaban J connectivity index is 1.88. The van der Waals surface area contributed by atoms with Crippen LogP contribution in [0.1, 0.15) is 32.1 Å². The molecule has 1 aromatic rings. The second-order valence-corrected chi connectivity index (χ2v) is 7.99. The molecule has 2 N–H and O–H groups in total. The molecule has 7 heteroatoms. The van der Waals surface area contributed by atoms with E-state index in [4.69, 9.17) is 44.6 Å². The number of hydrogen-bond acceptors (Lipinski definition) is 3. The Labute approximate surface area is 168 Å². The second kappa shape index (κ2) is 10.4. The molecule has 4 nitrogen and oxygen atoms in total. The van der Waals surface area contributed by atoms with Crippen molar-refractivity contribution in [2.45, 2.75) is 43.6 Å². The van der Waals surface area contributed by atoms with Gasteiger partial charge in [-0.15, -0.1) is 11.6 Å². The van der Waals surface area contributed by atoms with Crippen molar-refractivity contribution in [1.82, 2.24) is 0 Å². The van der Waals surface area contributed by atoms with Gasteiger partial charge in [0.1, 0.15) is 5.75 Å². The quantitative estimate of drug-likeness (QED) is 0.327. The average Bonchev–Trinajstić information content (AvgIpc) is 2.81. The first-order chi connectivity index (χ1) is 12.4. The molecule has 0 amide bonds. The Morgan fingerprint density at radius 2 is 1.88 bits per heavy atom. The van der Waals surface area contributed by atoms with Crippen molar-refractivity contribution in [3.63, 3.8) is 0 Å². The van der Waals surface area contributed by atoms with Crippen LogP contribution in [0.25, 0.3) is 0 Å². The Bertz CT molecular complexity index is 615. The van der Waals surface area contributed by atoms with E-state index in [0.717, 1.165) is 12.8 Å². The minimum absolute atomic E-state index is 0.0843. The van der Waals surface area contributed by atoms with Crippen LogP contribution in [0.2, 0.25) is 10.0 Å². The first-order valence-corrected chi connectivity index (χ1v) is 9.84. The highest BCUT2D eigenvalue weighted by Gasteiger charge is 2.41. The lowest BCUT2D eigenvalue weighted by atomic mass is 9.92. The number of carboxylic acids is 1. The molecule has 1 aliphatic carbocycles. The van der Waals surface area contributed by atoms with Gasteiger partial charge in [-0.2, -0.15) is 0 Å². The smallest absolute Gasteiger partial charge is 0.303 e. The zero-order valence-corrected chi connectivity index (χ0v) is 16.6. The number of carboxylic acid groups (broad SMARTS) is 1. The molecule has 26 heavy (non-hydrogen) atoms. The Morgan fingerprint density at radius 3 is 2.54 bits per heavy atom. The van der Waals surface area contributed by atoms with Crippen molar-refractivity contribution < 1.29 is 19.7 Å². The molecular formula is C19H23Cl3O4. The van der Waals surface area contributed by atoms with Crippen LogP contribution in [0.4, 0.5) is 0 Å². The number of alkyl halides is 1. The maximum absolute atomic E-state index is 10.5. The molecule has 0 radical (unpaired) electrons. The van der Waals surface area contributed by atoms with Gasteiger partial charge in [0.2, 0.25) is 0 Å². The summed E-state index contributed by atoms with van der Waals surface area (Å²) in [5, 5.41) is 19.8. The highest BCUT2D eigenvalue weighted by Crippen LogP contribution is 2.39. The number of allylic oxidation sites excluding steroid dienone is 2. The van der Waals surface area contributed by atoms with E-state index in [-0.39, 0.29) is 23.6 Å². The van der Waals surface area contributed by atoms with Crippen LogP contribution < -0.4 is 4.74 Å². The van der Waals surface area contributed by atoms with Gasteiger partial charge < -0.3 is 14.9 Å². The number of carbonyl (C=O) groups is 1. The Hall–Kier alpha value is -0.940. The summed E-state index contributed by atoms with van der Waals surface area (Å²) in [4.78, 5) is 10.5. The molecule has 144 valence electrons. The predicted octanol–water partition coefficient (Wildman–Crippen LogP) is 5.18. The van der Waals surface area contributed by atoms with E-state index in [9.17, 15) is 9.90 Å². The van der Waals surface area contributed by atoms with E-state index in [1.165, 1.54) is 0 Å². The third-order valence-corrected chi connectivity index (χ3v) is 5.53. The second-order valence-electron chi connectivity index (χ2n) is 6.56. The molecule has 0 spiro atoms. The molecule has 0 aromatic heterocycles. The third-order valence-electron chi connectivity index (χ3n) is 4.59. The van der Waals surface area contributed by atoms with E-state index in [1.54, 1.807) is 18.2 Å². The lowest BCUT2D eigenvalue weighted by Crippen LogP contribution is -2.27. The van der Waals surface area contributed by atoms with Gasteiger partial charge in [0.05, 0.1) is 12.7 Å². The van der Waals surface area contributed by atoms with Gasteiger partial charge in [0, 0.05) is 27.8 Å². The van der Waals surface area contributed by atoms with Crippen molar-refractivity contribution in [3.8, 4) is 5.75 Å². The first kappa shape index (κ1) is 21.4. The largest absolute Gasteiger partial charge is 0.493 e. The van der Waals surface area contributed by atoms with Crippen molar-refractivity contribution >= 4 is 40.8 Å². The fourth-order valence-electron chi connectivity index (χ4n) is 3.24. The van der Waals surface area contributed by atoms with Gasteiger partial charge in [-0.3, -0.25) is 4.79 Å². The summed E-state index contributed by atoms with van der Waals surface area (Å²) >= 11 is 18.4. The van der Waals surface area contributed by atoms with E-state index >= 15 is 0 Å². The van der Waals surface area contributed by atoms with Crippen LogP contribution in [-0.4, -0.2) is 34.3 Å². The molecule has 1 aliphatic rings. The molecule has 1 aromatic carbocycles. The summed E-state index contributed by atoms with van der Waals surface area (Å²) in [6.45, 7) is 0.332. The molecule has 1 saturated carbocycles. The van der Waals surface area contributed by atoms with E-state index < -0.39 is 12.1 Å². The monoisotopic (exact) mass is 420 g/mol. The molecule has 0 heterocycles. The molecule has 0 aliphatic heterocycles. The number of unbranched alkanes of at least 4 members (excludes halogenated alkanes) is 1. The fraction of sp³-hybridized carbons (Fsp3) is 0.526. The van der Waals surface area contributed by atoms with E-state index in [1.807, 2.05) is 12.2 Å². The number of aliphatic hydroxyl groups excluding tert-OH is 1. The lowest BCUT2D eigenvalue weighted by Gasteiger charge is -2.22. The number of aliphatic carboxylic acids is 1. The third kappa shape index (κ3) is 6.66. The Kier molecular flexibility index (Phi) is 8.55. The summed E-state index contributed by atoms with van der Waals surface area (Å²) in [5.41, 5.74) is 0. The molecular weight excluding hydrogens is 399 g/mol. The number of halogens is 3. The van der Waals surface area contributed by atoms with Crippen molar-refractivity contribution in [3.05, 3.63) is 40.4 Å². The van der Waals surface area contributed by atoms with Crippen LogP contribution in [0, 0.1) is 11.8 Å². The summed E-state index contributed by atoms with van der Waals surface area (Å²) in [5.74, 6) is -0.205.